The van der Waals surface area contributed by atoms with Crippen molar-refractivity contribution in [3.63, 3.8) is 0 Å². The summed E-state index contributed by atoms with van der Waals surface area (Å²) < 4.78 is 12.1. The number of nitrogens with zero attached hydrogens (tertiary/aromatic N) is 3. The lowest BCUT2D eigenvalue weighted by atomic mass is 10.0. The number of nitrogens with one attached hydrogen (secondary N) is 1. The largest absolute Gasteiger partial charge is 0.496 e. The number of hydrogen-bond donors (Lipinski definition) is 1. The van der Waals surface area contributed by atoms with Crippen molar-refractivity contribution in [2.75, 3.05) is 12.4 Å². The Morgan fingerprint density at radius 3 is 2.53 bits per heavy atom. The van der Waals surface area contributed by atoms with Gasteiger partial charge in [0.2, 0.25) is 11.0 Å². The molecule has 36 heavy (non-hydrogen) atoms. The van der Waals surface area contributed by atoms with Gasteiger partial charge in [-0.15, -0.1) is 10.2 Å². The van der Waals surface area contributed by atoms with Gasteiger partial charge in [0.05, 0.1) is 7.11 Å². The molecule has 1 atom stereocenters. The van der Waals surface area contributed by atoms with Gasteiger partial charge >= 0.3 is 0 Å². The van der Waals surface area contributed by atoms with Crippen LogP contribution in [-0.2, 0) is 5.75 Å². The maximum Gasteiger partial charge on any atom is 0.247 e. The van der Waals surface area contributed by atoms with Crippen LogP contribution in [0.1, 0.15) is 17.4 Å². The fourth-order valence-electron chi connectivity index (χ4n) is 4.28. The second kappa shape index (κ2) is 9.68. The molecule has 0 bridgehead atoms. The summed E-state index contributed by atoms with van der Waals surface area (Å²) in [6.07, 6.45) is -0.492. The molecule has 6 rings (SSSR count). The van der Waals surface area contributed by atoms with E-state index in [-0.39, 0.29) is 0 Å². The van der Waals surface area contributed by atoms with Crippen LogP contribution in [0.2, 0.25) is 5.02 Å². The highest BCUT2D eigenvalue weighted by molar-refractivity contribution is 7.98. The zero-order valence-electron chi connectivity index (χ0n) is 19.3. The van der Waals surface area contributed by atoms with E-state index < -0.39 is 6.23 Å². The van der Waals surface area contributed by atoms with Crippen LogP contribution >= 0.6 is 23.4 Å². The molecule has 4 aromatic carbocycles. The molecule has 0 unspecified atom stereocenters. The van der Waals surface area contributed by atoms with Gasteiger partial charge in [-0.1, -0.05) is 78.0 Å². The molecule has 0 spiro atoms. The number of halogens is 1. The first kappa shape index (κ1) is 22.6. The van der Waals surface area contributed by atoms with E-state index in [1.165, 1.54) is 11.8 Å². The standard InChI is InChI=1S/C28H21ClN4O2S/c1-34-24-15-14-21(19-6-2-3-7-20(19)24)26-30-23-9-5-4-8-22(23)25-27(35-26)31-28(33-32-25)36-16-17-10-12-18(29)13-11-17/h2-15,26,30H,16H2,1H3/t26-/m0/s1. The SMILES string of the molecule is COc1ccc([C@H]2Nc3ccccc3-c3nnc(SCc4ccc(Cl)cc4)nc3O2)c2ccccc12. The van der Waals surface area contributed by atoms with Crippen LogP contribution in [0.15, 0.2) is 90.1 Å². The highest BCUT2D eigenvalue weighted by Gasteiger charge is 2.27. The summed E-state index contributed by atoms with van der Waals surface area (Å²) in [6.45, 7) is 0. The Bertz CT molecular complexity index is 1560. The first-order valence-corrected chi connectivity index (χ1v) is 12.8. The molecular formula is C28H21ClN4O2S. The fourth-order valence-corrected chi connectivity index (χ4v) is 5.14. The number of hydrogen-bond acceptors (Lipinski definition) is 7. The van der Waals surface area contributed by atoms with Crippen molar-refractivity contribution in [3.8, 4) is 22.9 Å². The average molecular weight is 513 g/mol. The molecule has 0 aliphatic carbocycles. The molecule has 0 fully saturated rings. The second-order valence-corrected chi connectivity index (χ2v) is 9.63. The predicted octanol–water partition coefficient (Wildman–Crippen LogP) is 7.15. The number of rotatable bonds is 5. The normalized spacial score (nSPS) is 14.2. The lowest BCUT2D eigenvalue weighted by Gasteiger charge is -2.21. The summed E-state index contributed by atoms with van der Waals surface area (Å²) in [7, 11) is 1.68. The average Bonchev–Trinajstić information content (AvgIpc) is 3.08. The van der Waals surface area contributed by atoms with E-state index >= 15 is 0 Å². The summed E-state index contributed by atoms with van der Waals surface area (Å²) in [6, 6.07) is 27.8. The number of anilines is 1. The van der Waals surface area contributed by atoms with Crippen molar-refractivity contribution in [2.45, 2.75) is 17.1 Å². The Morgan fingerprint density at radius 1 is 0.917 bits per heavy atom. The van der Waals surface area contributed by atoms with E-state index in [1.54, 1.807) is 7.11 Å². The van der Waals surface area contributed by atoms with Crippen molar-refractivity contribution in [1.82, 2.24) is 15.2 Å². The Balaban J connectivity index is 1.40. The van der Waals surface area contributed by atoms with E-state index in [0.29, 0.717) is 27.5 Å². The number of para-hydroxylation sites is 1. The second-order valence-electron chi connectivity index (χ2n) is 8.25. The molecule has 0 saturated carbocycles. The number of fused-ring (bicyclic) bond motifs is 4. The van der Waals surface area contributed by atoms with Crippen LogP contribution in [0.25, 0.3) is 22.0 Å². The molecule has 1 aromatic heterocycles. The minimum Gasteiger partial charge on any atom is -0.496 e. The highest BCUT2D eigenvalue weighted by Crippen LogP contribution is 2.41. The van der Waals surface area contributed by atoms with Crippen LogP contribution in [-0.4, -0.2) is 22.3 Å². The number of thioether (sulfide) groups is 1. The van der Waals surface area contributed by atoms with E-state index in [2.05, 4.69) is 21.6 Å². The molecule has 1 N–H and O–H groups in total. The first-order chi connectivity index (χ1) is 17.7. The summed E-state index contributed by atoms with van der Waals surface area (Å²) in [5.41, 5.74) is 4.50. The zero-order valence-corrected chi connectivity index (χ0v) is 20.9. The minimum atomic E-state index is -0.492. The van der Waals surface area contributed by atoms with Gasteiger partial charge in [0.15, 0.2) is 11.9 Å². The summed E-state index contributed by atoms with van der Waals surface area (Å²) >= 11 is 7.51. The van der Waals surface area contributed by atoms with Gasteiger partial charge in [-0.2, -0.15) is 4.98 Å². The lowest BCUT2D eigenvalue weighted by molar-refractivity contribution is 0.226. The highest BCUT2D eigenvalue weighted by atomic mass is 35.5. The Labute approximate surface area is 217 Å². The predicted molar refractivity (Wildman–Crippen MR) is 144 cm³/mol. The van der Waals surface area contributed by atoms with E-state index in [4.69, 9.17) is 26.1 Å². The number of ether oxygens (including phenoxy) is 2. The Kier molecular flexibility index (Phi) is 6.09. The molecule has 6 nitrogen and oxygen atoms in total. The first-order valence-electron chi connectivity index (χ1n) is 11.4. The monoisotopic (exact) mass is 512 g/mol. The molecule has 8 heteroatoms. The van der Waals surface area contributed by atoms with Crippen LogP contribution in [0.5, 0.6) is 11.6 Å². The number of benzene rings is 4. The Hall–Kier alpha value is -3.81. The summed E-state index contributed by atoms with van der Waals surface area (Å²) in [4.78, 5) is 4.77. The van der Waals surface area contributed by atoms with Crippen molar-refractivity contribution in [2.24, 2.45) is 0 Å². The quantitative estimate of drug-likeness (QED) is 0.251. The third-order valence-corrected chi connectivity index (χ3v) is 7.20. The fraction of sp³-hybridized carbons (Fsp3) is 0.107. The van der Waals surface area contributed by atoms with Crippen LogP contribution < -0.4 is 14.8 Å². The van der Waals surface area contributed by atoms with Gasteiger partial charge in [0, 0.05) is 33.0 Å². The molecule has 5 aromatic rings. The van der Waals surface area contributed by atoms with Gasteiger partial charge < -0.3 is 14.8 Å². The third-order valence-electron chi connectivity index (χ3n) is 6.03. The van der Waals surface area contributed by atoms with Gasteiger partial charge in [-0.3, -0.25) is 0 Å². The Morgan fingerprint density at radius 2 is 1.69 bits per heavy atom. The number of methoxy groups -OCH3 is 1. The maximum atomic E-state index is 6.52. The van der Waals surface area contributed by atoms with E-state index in [0.717, 1.165) is 38.9 Å². The molecule has 0 amide bonds. The smallest absolute Gasteiger partial charge is 0.247 e. The summed E-state index contributed by atoms with van der Waals surface area (Å²) in [5, 5.41) is 15.8. The van der Waals surface area contributed by atoms with Crippen LogP contribution in [0.3, 0.4) is 0 Å². The van der Waals surface area contributed by atoms with Gasteiger partial charge in [0.1, 0.15) is 5.75 Å². The van der Waals surface area contributed by atoms with E-state index in [9.17, 15) is 0 Å². The van der Waals surface area contributed by atoms with Crippen LogP contribution in [0.4, 0.5) is 5.69 Å². The minimum absolute atomic E-state index is 0.436. The van der Waals surface area contributed by atoms with Crippen molar-refractivity contribution in [1.29, 1.82) is 0 Å². The molecular weight excluding hydrogens is 492 g/mol. The van der Waals surface area contributed by atoms with Crippen molar-refractivity contribution < 1.29 is 9.47 Å². The van der Waals surface area contributed by atoms with Crippen LogP contribution in [0, 0.1) is 0 Å². The molecule has 1 aliphatic heterocycles. The zero-order chi connectivity index (χ0) is 24.5. The van der Waals surface area contributed by atoms with Gasteiger partial charge in [-0.05, 0) is 41.3 Å². The topological polar surface area (TPSA) is 69.2 Å². The lowest BCUT2D eigenvalue weighted by Crippen LogP contribution is -2.17. The maximum absolute atomic E-state index is 6.52. The molecule has 0 saturated heterocycles. The summed E-state index contributed by atoms with van der Waals surface area (Å²) in [5.74, 6) is 1.94. The van der Waals surface area contributed by atoms with Gasteiger partial charge in [0.25, 0.3) is 0 Å². The van der Waals surface area contributed by atoms with Crippen molar-refractivity contribution >= 4 is 39.8 Å². The molecule has 2 heterocycles. The molecule has 1 aliphatic rings. The number of aromatic nitrogens is 3. The van der Waals surface area contributed by atoms with Gasteiger partial charge in [-0.25, -0.2) is 0 Å². The van der Waals surface area contributed by atoms with Crippen molar-refractivity contribution in [3.05, 3.63) is 101 Å². The molecule has 178 valence electrons. The van der Waals surface area contributed by atoms with E-state index in [1.807, 2.05) is 78.9 Å². The molecule has 0 radical (unpaired) electrons. The third kappa shape index (κ3) is 4.32.